The minimum Gasteiger partial charge on any atom is -0.491 e. The maximum atomic E-state index is 12.4. The van der Waals surface area contributed by atoms with Gasteiger partial charge in [-0.2, -0.15) is 5.10 Å². The first-order valence-electron chi connectivity index (χ1n) is 12.0. The quantitative estimate of drug-likeness (QED) is 0.264. The van der Waals surface area contributed by atoms with E-state index in [1.165, 1.54) is 0 Å². The molecule has 0 atom stereocenters. The molecule has 8 nitrogen and oxygen atoms in total. The van der Waals surface area contributed by atoms with Crippen LogP contribution in [0.25, 0.3) is 22.0 Å². The van der Waals surface area contributed by atoms with E-state index in [9.17, 15) is 4.79 Å². The maximum Gasteiger partial charge on any atom is 0.323 e. The number of likely N-dealkylation sites (tertiary alicyclic amines) is 1. The van der Waals surface area contributed by atoms with Crippen molar-refractivity contribution in [2.75, 3.05) is 43.1 Å². The predicted molar refractivity (Wildman–Crippen MR) is 146 cm³/mol. The second-order valence-corrected chi connectivity index (χ2v) is 9.63. The van der Waals surface area contributed by atoms with Crippen molar-refractivity contribution in [1.82, 2.24) is 15.1 Å². The summed E-state index contributed by atoms with van der Waals surface area (Å²) in [4.78, 5) is 14.7. The molecule has 4 aromatic rings. The minimum atomic E-state index is -0.349. The van der Waals surface area contributed by atoms with Gasteiger partial charge in [0, 0.05) is 16.4 Å². The number of ether oxygens (including phenoxy) is 1. The van der Waals surface area contributed by atoms with Gasteiger partial charge in [0.2, 0.25) is 0 Å². The zero-order chi connectivity index (χ0) is 25.1. The van der Waals surface area contributed by atoms with Gasteiger partial charge in [0.05, 0.1) is 12.0 Å². The second-order valence-electron chi connectivity index (χ2n) is 9.19. The molecule has 9 heteroatoms. The van der Waals surface area contributed by atoms with Crippen molar-refractivity contribution < 1.29 is 9.53 Å². The van der Waals surface area contributed by atoms with Gasteiger partial charge in [-0.15, -0.1) is 0 Å². The van der Waals surface area contributed by atoms with Crippen molar-refractivity contribution in [2.45, 2.75) is 12.8 Å². The Labute approximate surface area is 214 Å². The van der Waals surface area contributed by atoms with Gasteiger partial charge >= 0.3 is 6.03 Å². The van der Waals surface area contributed by atoms with Crippen LogP contribution in [0.1, 0.15) is 12.8 Å². The first-order chi connectivity index (χ1) is 17.5. The molecule has 0 unspecified atom stereocenters. The molecule has 0 saturated carbocycles. The number of hydrogen-bond donors (Lipinski definition) is 4. The van der Waals surface area contributed by atoms with Crippen molar-refractivity contribution in [3.05, 3.63) is 65.7 Å². The van der Waals surface area contributed by atoms with Gasteiger partial charge in [-0.05, 0) is 92.5 Å². The van der Waals surface area contributed by atoms with E-state index >= 15 is 0 Å². The van der Waals surface area contributed by atoms with Gasteiger partial charge in [0.1, 0.15) is 11.3 Å². The van der Waals surface area contributed by atoms with E-state index in [2.05, 4.69) is 32.8 Å². The number of hydrogen-bond acceptors (Lipinski definition) is 5. The summed E-state index contributed by atoms with van der Waals surface area (Å²) in [5.41, 5.74) is 10.2. The largest absolute Gasteiger partial charge is 0.491 e. The molecule has 0 aliphatic carbocycles. The third-order valence-corrected chi connectivity index (χ3v) is 6.80. The Morgan fingerprint density at radius 3 is 2.61 bits per heavy atom. The lowest BCUT2D eigenvalue weighted by Gasteiger charge is -2.28. The first kappa shape index (κ1) is 24.0. The van der Waals surface area contributed by atoms with Gasteiger partial charge in [0.25, 0.3) is 0 Å². The number of piperidine rings is 1. The van der Waals surface area contributed by atoms with Crippen molar-refractivity contribution in [1.29, 1.82) is 0 Å². The van der Waals surface area contributed by atoms with Gasteiger partial charge < -0.3 is 26.0 Å². The molecule has 0 radical (unpaired) electrons. The van der Waals surface area contributed by atoms with Crippen LogP contribution in [0.4, 0.5) is 22.0 Å². The molecule has 5 rings (SSSR count). The average Bonchev–Trinajstić information content (AvgIpc) is 3.26. The number of rotatable bonds is 6. The van der Waals surface area contributed by atoms with Crippen molar-refractivity contribution in [2.24, 2.45) is 5.92 Å². The van der Waals surface area contributed by atoms with Crippen LogP contribution in [-0.4, -0.2) is 47.9 Å². The topological polar surface area (TPSA) is 108 Å². The number of aromatic nitrogens is 2. The standard InChI is InChI=1S/C27H29ClN6O2/c1-34-13-11-17(12-14-34)16-36-23-10-9-22(24-25(23)32-33-26(24)29)18-5-7-20(8-6-18)30-27(35)31-21-4-2-3-19(28)15-21/h2-10,15,17H,11-14,16H2,1H3,(H3,29,32,33)(H2,30,31,35). The lowest BCUT2D eigenvalue weighted by molar-refractivity contribution is 0.161. The third-order valence-electron chi connectivity index (χ3n) is 6.56. The average molecular weight is 505 g/mol. The van der Waals surface area contributed by atoms with Crippen LogP contribution >= 0.6 is 11.6 Å². The molecule has 2 amide bonds. The highest BCUT2D eigenvalue weighted by Gasteiger charge is 2.19. The normalized spacial score (nSPS) is 14.6. The lowest BCUT2D eigenvalue weighted by atomic mass is 9.98. The number of benzene rings is 3. The van der Waals surface area contributed by atoms with E-state index in [1.54, 1.807) is 24.3 Å². The number of amides is 2. The fourth-order valence-corrected chi connectivity index (χ4v) is 4.71. The number of carbonyl (C=O) groups excluding carboxylic acids is 1. The fourth-order valence-electron chi connectivity index (χ4n) is 4.52. The monoisotopic (exact) mass is 504 g/mol. The Hall–Kier alpha value is -3.75. The summed E-state index contributed by atoms with van der Waals surface area (Å²) in [5.74, 6) is 1.73. The number of halogens is 1. The fraction of sp³-hybridized carbons (Fsp3) is 0.259. The molecule has 1 aromatic heterocycles. The zero-order valence-electron chi connectivity index (χ0n) is 20.1. The molecule has 186 valence electrons. The highest BCUT2D eigenvalue weighted by molar-refractivity contribution is 6.30. The molecule has 1 aliphatic rings. The summed E-state index contributed by atoms with van der Waals surface area (Å²) in [6.07, 6.45) is 2.28. The highest BCUT2D eigenvalue weighted by Crippen LogP contribution is 2.37. The van der Waals surface area contributed by atoms with Crippen LogP contribution in [0.3, 0.4) is 0 Å². The Bertz CT molecular complexity index is 1360. The molecule has 0 bridgehead atoms. The number of carbonyl (C=O) groups is 1. The van der Waals surface area contributed by atoms with Crippen molar-refractivity contribution in [3.8, 4) is 16.9 Å². The van der Waals surface area contributed by atoms with E-state index in [4.69, 9.17) is 22.1 Å². The van der Waals surface area contributed by atoms with Crippen molar-refractivity contribution in [3.63, 3.8) is 0 Å². The highest BCUT2D eigenvalue weighted by atomic mass is 35.5. The summed E-state index contributed by atoms with van der Waals surface area (Å²) in [6, 6.07) is 18.2. The number of urea groups is 1. The summed E-state index contributed by atoms with van der Waals surface area (Å²) in [7, 11) is 2.16. The van der Waals surface area contributed by atoms with E-state index in [-0.39, 0.29) is 6.03 Å². The molecule has 0 spiro atoms. The van der Waals surface area contributed by atoms with Gasteiger partial charge in [-0.1, -0.05) is 29.8 Å². The Kier molecular flexibility index (Phi) is 6.97. The molecule has 3 aromatic carbocycles. The predicted octanol–water partition coefficient (Wildman–Crippen LogP) is 5.83. The van der Waals surface area contributed by atoms with E-state index in [1.807, 2.05) is 36.4 Å². The molecule has 1 fully saturated rings. The number of fused-ring (bicyclic) bond motifs is 1. The van der Waals surface area contributed by atoms with Crippen LogP contribution in [0.5, 0.6) is 5.75 Å². The number of H-pyrrole nitrogens is 1. The van der Waals surface area contributed by atoms with Gasteiger partial charge in [-0.3, -0.25) is 5.10 Å². The number of aromatic amines is 1. The van der Waals surface area contributed by atoms with E-state index in [0.717, 1.165) is 53.7 Å². The van der Waals surface area contributed by atoms with E-state index < -0.39 is 0 Å². The third kappa shape index (κ3) is 5.40. The number of nitrogens with one attached hydrogen (secondary N) is 3. The molecular formula is C27H29ClN6O2. The SMILES string of the molecule is CN1CCC(COc2ccc(-c3ccc(NC(=O)Nc4cccc(Cl)c4)cc3)c3c(N)n[nH]c23)CC1. The van der Waals surface area contributed by atoms with Crippen LogP contribution in [0, 0.1) is 5.92 Å². The number of anilines is 3. The maximum absolute atomic E-state index is 12.4. The zero-order valence-corrected chi connectivity index (χ0v) is 20.8. The Morgan fingerprint density at radius 2 is 1.86 bits per heavy atom. The summed E-state index contributed by atoms with van der Waals surface area (Å²) >= 11 is 5.98. The number of nitrogen functional groups attached to an aromatic ring is 1. The molecule has 2 heterocycles. The van der Waals surface area contributed by atoms with Gasteiger partial charge in [0.15, 0.2) is 5.82 Å². The van der Waals surface area contributed by atoms with Crippen LogP contribution in [0.2, 0.25) is 5.02 Å². The molecule has 5 N–H and O–H groups in total. The lowest BCUT2D eigenvalue weighted by Crippen LogP contribution is -2.32. The summed E-state index contributed by atoms with van der Waals surface area (Å²) < 4.78 is 6.21. The molecule has 1 saturated heterocycles. The van der Waals surface area contributed by atoms with Crippen LogP contribution < -0.4 is 21.1 Å². The van der Waals surface area contributed by atoms with Gasteiger partial charge in [-0.25, -0.2) is 4.79 Å². The molecule has 1 aliphatic heterocycles. The van der Waals surface area contributed by atoms with E-state index in [0.29, 0.717) is 34.7 Å². The first-order valence-corrected chi connectivity index (χ1v) is 12.4. The summed E-state index contributed by atoms with van der Waals surface area (Å²) in [5, 5.41) is 14.3. The number of nitrogens with two attached hydrogens (primary N) is 1. The smallest absolute Gasteiger partial charge is 0.323 e. The minimum absolute atomic E-state index is 0.349. The molecule has 36 heavy (non-hydrogen) atoms. The van der Waals surface area contributed by atoms with Crippen molar-refractivity contribution >= 4 is 45.7 Å². The number of nitrogens with zero attached hydrogens (tertiary/aromatic N) is 2. The Balaban J connectivity index is 1.29. The summed E-state index contributed by atoms with van der Waals surface area (Å²) in [6.45, 7) is 2.89. The Morgan fingerprint density at radius 1 is 1.11 bits per heavy atom. The van der Waals surface area contributed by atoms with Crippen LogP contribution in [-0.2, 0) is 0 Å². The molecular weight excluding hydrogens is 476 g/mol. The second kappa shape index (κ2) is 10.5. The van der Waals surface area contributed by atoms with Crippen LogP contribution in [0.15, 0.2) is 60.7 Å².